The topological polar surface area (TPSA) is 12.5 Å². The summed E-state index contributed by atoms with van der Waals surface area (Å²) < 4.78 is 5.60. The molecule has 0 fully saturated rings. The Hall–Kier alpha value is -0.0800. The van der Waals surface area contributed by atoms with Gasteiger partial charge >= 0.3 is 0 Å². The molecule has 0 aliphatic rings. The number of hydrogen-bond donors (Lipinski definition) is 0. The quantitative estimate of drug-likeness (QED) is 0.591. The van der Waals surface area contributed by atoms with E-state index in [2.05, 4.69) is 39.6 Å². The van der Waals surface area contributed by atoms with E-state index in [1.165, 1.54) is 0 Å². The van der Waals surface area contributed by atoms with Gasteiger partial charge in [0.1, 0.15) is 0 Å². The van der Waals surface area contributed by atoms with Crippen molar-refractivity contribution in [2.45, 2.75) is 39.7 Å². The summed E-state index contributed by atoms with van der Waals surface area (Å²) in [7, 11) is 2.14. The normalized spacial score (nSPS) is 12.5. The Labute approximate surface area is 76.9 Å². The average molecular weight is 173 g/mol. The van der Waals surface area contributed by atoms with Crippen molar-refractivity contribution in [1.29, 1.82) is 0 Å². The molecule has 0 bridgehead atoms. The van der Waals surface area contributed by atoms with Crippen LogP contribution in [0.3, 0.4) is 0 Å². The highest BCUT2D eigenvalue weighted by Crippen LogP contribution is 2.06. The minimum atomic E-state index is 0.0186. The van der Waals surface area contributed by atoms with Gasteiger partial charge in [-0.25, -0.2) is 0 Å². The van der Waals surface area contributed by atoms with Crippen LogP contribution >= 0.6 is 0 Å². The Morgan fingerprint density at radius 3 is 2.25 bits per heavy atom. The zero-order valence-corrected chi connectivity index (χ0v) is 9.18. The van der Waals surface area contributed by atoms with Gasteiger partial charge in [-0.1, -0.05) is 6.92 Å². The third-order valence-corrected chi connectivity index (χ3v) is 1.76. The Balaban J connectivity index is 3.22. The highest BCUT2D eigenvalue weighted by Gasteiger charge is 2.08. The van der Waals surface area contributed by atoms with Crippen molar-refractivity contribution >= 4 is 0 Å². The minimum Gasteiger partial charge on any atom is -0.376 e. The van der Waals surface area contributed by atoms with E-state index in [0.717, 1.165) is 26.1 Å². The molecule has 0 aliphatic carbocycles. The molecule has 0 radical (unpaired) electrons. The molecule has 2 heteroatoms. The van der Waals surface area contributed by atoms with Gasteiger partial charge in [0.05, 0.1) is 5.60 Å². The number of nitrogens with zero attached hydrogens (tertiary/aromatic N) is 1. The van der Waals surface area contributed by atoms with Crippen LogP contribution in [0.25, 0.3) is 0 Å². The van der Waals surface area contributed by atoms with Crippen LogP contribution in [0.15, 0.2) is 0 Å². The summed E-state index contributed by atoms with van der Waals surface area (Å²) in [5, 5.41) is 0. The lowest BCUT2D eigenvalue weighted by Gasteiger charge is -2.20. The maximum Gasteiger partial charge on any atom is 0.0598 e. The van der Waals surface area contributed by atoms with Crippen molar-refractivity contribution in [3.8, 4) is 0 Å². The summed E-state index contributed by atoms with van der Waals surface area (Å²) in [5.74, 6) is 0. The van der Waals surface area contributed by atoms with Crippen molar-refractivity contribution in [3.63, 3.8) is 0 Å². The van der Waals surface area contributed by atoms with E-state index in [4.69, 9.17) is 4.74 Å². The third kappa shape index (κ3) is 8.02. The van der Waals surface area contributed by atoms with E-state index in [1.807, 2.05) is 0 Å². The van der Waals surface area contributed by atoms with Gasteiger partial charge in [0.2, 0.25) is 0 Å². The molecular formula is C10H23NO. The first kappa shape index (κ1) is 11.9. The predicted molar refractivity (Wildman–Crippen MR) is 53.5 cm³/mol. The molecule has 0 saturated carbocycles. The molecule has 0 amide bonds. The zero-order valence-electron chi connectivity index (χ0n) is 9.18. The van der Waals surface area contributed by atoms with Crippen LogP contribution in [0.2, 0.25) is 0 Å². The molecule has 0 heterocycles. The van der Waals surface area contributed by atoms with Gasteiger partial charge < -0.3 is 9.64 Å². The van der Waals surface area contributed by atoms with Crippen LogP contribution in [-0.4, -0.2) is 37.2 Å². The molecule has 0 aromatic carbocycles. The van der Waals surface area contributed by atoms with Crippen LogP contribution in [0.5, 0.6) is 0 Å². The minimum absolute atomic E-state index is 0.0186. The molecule has 0 N–H and O–H groups in total. The van der Waals surface area contributed by atoms with Crippen LogP contribution in [0, 0.1) is 0 Å². The molecule has 0 unspecified atom stereocenters. The molecule has 74 valence electrons. The number of ether oxygens (including phenoxy) is 1. The van der Waals surface area contributed by atoms with Crippen LogP contribution in [0.4, 0.5) is 0 Å². The lowest BCUT2D eigenvalue weighted by molar-refractivity contribution is -0.00616. The Bertz CT molecular complexity index is 107. The molecule has 0 spiro atoms. The van der Waals surface area contributed by atoms with Gasteiger partial charge in [-0.3, -0.25) is 0 Å². The number of rotatable bonds is 5. The summed E-state index contributed by atoms with van der Waals surface area (Å²) in [6, 6.07) is 0. The Morgan fingerprint density at radius 2 is 1.83 bits per heavy atom. The van der Waals surface area contributed by atoms with Crippen LogP contribution < -0.4 is 0 Å². The average Bonchev–Trinajstić information content (AvgIpc) is 1.96. The van der Waals surface area contributed by atoms with Gasteiger partial charge in [0.15, 0.2) is 0 Å². The third-order valence-electron chi connectivity index (χ3n) is 1.76. The van der Waals surface area contributed by atoms with Gasteiger partial charge in [0.25, 0.3) is 0 Å². The second kappa shape index (κ2) is 5.55. The van der Waals surface area contributed by atoms with E-state index in [-0.39, 0.29) is 5.60 Å². The highest BCUT2D eigenvalue weighted by atomic mass is 16.5. The lowest BCUT2D eigenvalue weighted by atomic mass is 10.2. The van der Waals surface area contributed by atoms with E-state index in [1.54, 1.807) is 0 Å². The van der Waals surface area contributed by atoms with Crippen LogP contribution in [-0.2, 0) is 4.74 Å². The SMILES string of the molecule is CCN(C)CCCOC(C)(C)C. The monoisotopic (exact) mass is 173 g/mol. The standard InChI is InChI=1S/C10H23NO/c1-6-11(5)8-7-9-12-10(2,3)4/h6-9H2,1-5H3. The first-order valence-electron chi connectivity index (χ1n) is 4.78. The Morgan fingerprint density at radius 1 is 1.25 bits per heavy atom. The van der Waals surface area contributed by atoms with Gasteiger partial charge in [0, 0.05) is 13.2 Å². The molecule has 12 heavy (non-hydrogen) atoms. The maximum atomic E-state index is 5.60. The predicted octanol–water partition coefficient (Wildman–Crippen LogP) is 2.14. The van der Waals surface area contributed by atoms with E-state index < -0.39 is 0 Å². The zero-order chi connectivity index (χ0) is 9.61. The van der Waals surface area contributed by atoms with E-state index >= 15 is 0 Å². The van der Waals surface area contributed by atoms with Crippen molar-refractivity contribution in [1.82, 2.24) is 4.90 Å². The largest absolute Gasteiger partial charge is 0.376 e. The van der Waals surface area contributed by atoms with Crippen molar-refractivity contribution in [2.75, 3.05) is 26.7 Å². The first-order chi connectivity index (χ1) is 5.45. The summed E-state index contributed by atoms with van der Waals surface area (Å²) >= 11 is 0. The summed E-state index contributed by atoms with van der Waals surface area (Å²) in [6.07, 6.45) is 1.13. The highest BCUT2D eigenvalue weighted by molar-refractivity contribution is 4.58. The summed E-state index contributed by atoms with van der Waals surface area (Å²) in [5.41, 5.74) is 0.0186. The molecule has 0 saturated heterocycles. The van der Waals surface area contributed by atoms with Crippen molar-refractivity contribution in [3.05, 3.63) is 0 Å². The van der Waals surface area contributed by atoms with Crippen molar-refractivity contribution in [2.24, 2.45) is 0 Å². The second-order valence-electron chi connectivity index (χ2n) is 4.21. The Kier molecular flexibility index (Phi) is 5.51. The molecule has 0 rings (SSSR count). The second-order valence-corrected chi connectivity index (χ2v) is 4.21. The van der Waals surface area contributed by atoms with E-state index in [0.29, 0.717) is 0 Å². The molecule has 0 aromatic heterocycles. The van der Waals surface area contributed by atoms with Gasteiger partial charge in [-0.15, -0.1) is 0 Å². The first-order valence-corrected chi connectivity index (χ1v) is 4.78. The lowest BCUT2D eigenvalue weighted by Crippen LogP contribution is -2.24. The number of hydrogen-bond acceptors (Lipinski definition) is 2. The molecule has 0 aliphatic heterocycles. The maximum absolute atomic E-state index is 5.60. The summed E-state index contributed by atoms with van der Waals surface area (Å²) in [6.45, 7) is 11.6. The van der Waals surface area contributed by atoms with Crippen molar-refractivity contribution < 1.29 is 4.74 Å². The fourth-order valence-corrected chi connectivity index (χ4v) is 0.871. The van der Waals surface area contributed by atoms with Gasteiger partial charge in [-0.05, 0) is 40.8 Å². The molecule has 0 aromatic rings. The fraction of sp³-hybridized carbons (Fsp3) is 1.00. The van der Waals surface area contributed by atoms with Gasteiger partial charge in [-0.2, -0.15) is 0 Å². The molecule has 0 atom stereocenters. The van der Waals surface area contributed by atoms with Crippen LogP contribution in [0.1, 0.15) is 34.1 Å². The summed E-state index contributed by atoms with van der Waals surface area (Å²) in [4.78, 5) is 2.30. The molecular weight excluding hydrogens is 150 g/mol. The van der Waals surface area contributed by atoms with E-state index in [9.17, 15) is 0 Å². The fourth-order valence-electron chi connectivity index (χ4n) is 0.871. The molecule has 2 nitrogen and oxygen atoms in total. The smallest absolute Gasteiger partial charge is 0.0598 e.